The van der Waals surface area contributed by atoms with Crippen LogP contribution in [0.15, 0.2) is 24.3 Å². The molecule has 1 amide bonds. The van der Waals surface area contributed by atoms with E-state index in [2.05, 4.69) is 5.32 Å². The van der Waals surface area contributed by atoms with E-state index in [-0.39, 0.29) is 29.3 Å². The highest BCUT2D eigenvalue weighted by Gasteiger charge is 2.30. The Morgan fingerprint density at radius 2 is 2.05 bits per heavy atom. The van der Waals surface area contributed by atoms with E-state index in [4.69, 9.17) is 0 Å². The number of hydrogen-bond acceptors (Lipinski definition) is 4. The second-order valence-corrected chi connectivity index (χ2v) is 7.92. The normalized spacial score (nSPS) is 20.2. The van der Waals surface area contributed by atoms with Crippen LogP contribution >= 0.6 is 0 Å². The minimum Gasteiger partial charge on any atom is -0.352 e. The number of rotatable bonds is 6. The number of hydrogen-bond donors (Lipinski definition) is 1. The van der Waals surface area contributed by atoms with Crippen LogP contribution in [0, 0.1) is 5.82 Å². The van der Waals surface area contributed by atoms with Crippen molar-refractivity contribution in [3.05, 3.63) is 35.6 Å². The first-order valence-electron chi connectivity index (χ1n) is 7.27. The Morgan fingerprint density at radius 1 is 1.36 bits per heavy atom. The molecule has 0 spiro atoms. The quantitative estimate of drug-likeness (QED) is 0.844. The number of amides is 1. The van der Waals surface area contributed by atoms with Crippen LogP contribution in [0.1, 0.15) is 18.4 Å². The molecule has 122 valence electrons. The average Bonchev–Trinajstić information content (AvgIpc) is 2.84. The molecule has 5 nitrogen and oxygen atoms in total. The molecule has 1 aliphatic rings. The molecule has 1 saturated heterocycles. The van der Waals surface area contributed by atoms with Crippen molar-refractivity contribution in [2.24, 2.45) is 0 Å². The minimum atomic E-state index is -2.90. The number of nitrogens with zero attached hydrogens (tertiary/aromatic N) is 1. The van der Waals surface area contributed by atoms with Gasteiger partial charge in [0.2, 0.25) is 5.91 Å². The maximum Gasteiger partial charge on any atom is 0.221 e. The van der Waals surface area contributed by atoms with Crippen LogP contribution in [0.25, 0.3) is 0 Å². The van der Waals surface area contributed by atoms with Crippen molar-refractivity contribution in [2.45, 2.75) is 25.4 Å². The van der Waals surface area contributed by atoms with Crippen molar-refractivity contribution in [3.63, 3.8) is 0 Å². The number of benzene rings is 1. The molecule has 1 aromatic rings. The van der Waals surface area contributed by atoms with Crippen molar-refractivity contribution in [3.8, 4) is 0 Å². The summed E-state index contributed by atoms with van der Waals surface area (Å²) in [5.41, 5.74) is 0.838. The summed E-state index contributed by atoms with van der Waals surface area (Å²) < 4.78 is 35.6. The maximum atomic E-state index is 12.8. The fourth-order valence-electron chi connectivity index (χ4n) is 2.47. The third kappa shape index (κ3) is 5.06. The van der Waals surface area contributed by atoms with Gasteiger partial charge < -0.3 is 10.2 Å². The molecule has 0 aliphatic carbocycles. The lowest BCUT2D eigenvalue weighted by atomic mass is 10.2. The Bertz CT molecular complexity index is 616. The fraction of sp³-hybridized carbons (Fsp3) is 0.533. The lowest BCUT2D eigenvalue weighted by molar-refractivity contribution is -0.121. The first-order valence-corrected chi connectivity index (χ1v) is 9.10. The molecule has 1 N–H and O–H groups in total. The fourth-order valence-corrected chi connectivity index (χ4v) is 4.28. The zero-order valence-electron chi connectivity index (χ0n) is 12.6. The standard InChI is InChI=1S/C15H21FN2O3S/c1-18(14-7-9-22(20,21)11-14)8-6-15(19)17-10-12-2-4-13(16)5-3-12/h2-5,14H,6-11H2,1H3,(H,17,19). The van der Waals surface area contributed by atoms with Crippen LogP contribution in [0.2, 0.25) is 0 Å². The Labute approximate surface area is 130 Å². The first kappa shape index (κ1) is 16.9. The van der Waals surface area contributed by atoms with Gasteiger partial charge in [-0.15, -0.1) is 0 Å². The van der Waals surface area contributed by atoms with Crippen molar-refractivity contribution in [2.75, 3.05) is 25.1 Å². The van der Waals surface area contributed by atoms with Crippen molar-refractivity contribution >= 4 is 15.7 Å². The van der Waals surface area contributed by atoms with Gasteiger partial charge in [0.15, 0.2) is 9.84 Å². The van der Waals surface area contributed by atoms with Gasteiger partial charge in [-0.25, -0.2) is 12.8 Å². The van der Waals surface area contributed by atoms with Gasteiger partial charge in [-0.3, -0.25) is 4.79 Å². The Hall–Kier alpha value is -1.47. The molecule has 1 atom stereocenters. The topological polar surface area (TPSA) is 66.5 Å². The van der Waals surface area contributed by atoms with Gasteiger partial charge in [0.25, 0.3) is 0 Å². The highest BCUT2D eigenvalue weighted by atomic mass is 32.2. The number of carbonyl (C=O) groups excluding carboxylic acids is 1. The van der Waals surface area contributed by atoms with Gasteiger partial charge in [0.05, 0.1) is 11.5 Å². The Kier molecular flexibility index (Phi) is 5.52. The summed E-state index contributed by atoms with van der Waals surface area (Å²) in [5, 5.41) is 2.77. The molecule has 0 bridgehead atoms. The SMILES string of the molecule is CN(CCC(=O)NCc1ccc(F)cc1)C1CCS(=O)(=O)C1. The molecule has 7 heteroatoms. The van der Waals surface area contributed by atoms with Gasteiger partial charge in [0.1, 0.15) is 5.82 Å². The van der Waals surface area contributed by atoms with Gasteiger partial charge in [-0.05, 0) is 31.2 Å². The number of nitrogens with one attached hydrogen (secondary N) is 1. The molecule has 1 unspecified atom stereocenters. The molecule has 1 fully saturated rings. The highest BCUT2D eigenvalue weighted by molar-refractivity contribution is 7.91. The second-order valence-electron chi connectivity index (χ2n) is 5.69. The zero-order chi connectivity index (χ0) is 16.2. The van der Waals surface area contributed by atoms with E-state index in [1.807, 2.05) is 11.9 Å². The summed E-state index contributed by atoms with van der Waals surface area (Å²) >= 11 is 0. The smallest absolute Gasteiger partial charge is 0.221 e. The Balaban J connectivity index is 1.70. The summed E-state index contributed by atoms with van der Waals surface area (Å²) in [6.45, 7) is 0.885. The van der Waals surface area contributed by atoms with E-state index in [1.165, 1.54) is 12.1 Å². The average molecular weight is 328 g/mol. The molecule has 1 aliphatic heterocycles. The van der Waals surface area contributed by atoms with Gasteiger partial charge in [-0.2, -0.15) is 0 Å². The van der Waals surface area contributed by atoms with Crippen LogP contribution in [-0.2, 0) is 21.2 Å². The van der Waals surface area contributed by atoms with E-state index in [9.17, 15) is 17.6 Å². The summed E-state index contributed by atoms with van der Waals surface area (Å²) in [6.07, 6.45) is 0.949. The van der Waals surface area contributed by atoms with E-state index < -0.39 is 9.84 Å². The molecular formula is C15H21FN2O3S. The number of carbonyl (C=O) groups is 1. The highest BCUT2D eigenvalue weighted by Crippen LogP contribution is 2.16. The minimum absolute atomic E-state index is 0.00917. The first-order chi connectivity index (χ1) is 10.4. The molecular weight excluding hydrogens is 307 g/mol. The maximum absolute atomic E-state index is 12.8. The molecule has 0 aromatic heterocycles. The van der Waals surface area contributed by atoms with E-state index in [1.54, 1.807) is 12.1 Å². The molecule has 1 aromatic carbocycles. The van der Waals surface area contributed by atoms with Crippen LogP contribution in [-0.4, -0.2) is 50.4 Å². The summed E-state index contributed by atoms with van der Waals surface area (Å²) in [4.78, 5) is 13.7. The number of halogens is 1. The van der Waals surface area contributed by atoms with Crippen LogP contribution in [0.4, 0.5) is 4.39 Å². The van der Waals surface area contributed by atoms with Gasteiger partial charge in [0, 0.05) is 25.6 Å². The van der Waals surface area contributed by atoms with Crippen LogP contribution < -0.4 is 5.32 Å². The third-order valence-corrected chi connectivity index (χ3v) is 5.68. The monoisotopic (exact) mass is 328 g/mol. The Morgan fingerprint density at radius 3 is 2.64 bits per heavy atom. The second kappa shape index (κ2) is 7.19. The lowest BCUT2D eigenvalue weighted by Gasteiger charge is -2.22. The summed E-state index contributed by atoms with van der Waals surface area (Å²) in [7, 11) is -1.06. The third-order valence-electron chi connectivity index (χ3n) is 3.93. The van der Waals surface area contributed by atoms with Gasteiger partial charge in [-0.1, -0.05) is 12.1 Å². The predicted octanol–water partition coefficient (Wildman–Crippen LogP) is 0.951. The predicted molar refractivity (Wildman–Crippen MR) is 82.6 cm³/mol. The largest absolute Gasteiger partial charge is 0.352 e. The molecule has 0 saturated carbocycles. The van der Waals surface area contributed by atoms with Gasteiger partial charge >= 0.3 is 0 Å². The zero-order valence-corrected chi connectivity index (χ0v) is 13.4. The number of sulfone groups is 1. The molecule has 0 radical (unpaired) electrons. The van der Waals surface area contributed by atoms with Crippen molar-refractivity contribution in [1.29, 1.82) is 0 Å². The molecule has 22 heavy (non-hydrogen) atoms. The van der Waals surface area contributed by atoms with E-state index in [0.717, 1.165) is 5.56 Å². The lowest BCUT2D eigenvalue weighted by Crippen LogP contribution is -2.36. The van der Waals surface area contributed by atoms with Crippen LogP contribution in [0.3, 0.4) is 0 Å². The van der Waals surface area contributed by atoms with Crippen molar-refractivity contribution < 1.29 is 17.6 Å². The molecule has 2 rings (SSSR count). The van der Waals surface area contributed by atoms with E-state index in [0.29, 0.717) is 25.9 Å². The molecule has 1 heterocycles. The summed E-state index contributed by atoms with van der Waals surface area (Å²) in [5.74, 6) is 0.0136. The van der Waals surface area contributed by atoms with Crippen LogP contribution in [0.5, 0.6) is 0 Å². The summed E-state index contributed by atoms with van der Waals surface area (Å²) in [6, 6.07) is 5.98. The van der Waals surface area contributed by atoms with Crippen molar-refractivity contribution in [1.82, 2.24) is 10.2 Å². The van der Waals surface area contributed by atoms with E-state index >= 15 is 0 Å².